The van der Waals surface area contributed by atoms with E-state index < -0.39 is 17.6 Å². The first-order valence-electron chi connectivity index (χ1n) is 10.4. The van der Waals surface area contributed by atoms with E-state index in [0.29, 0.717) is 24.9 Å². The minimum Gasteiger partial charge on any atom is -0.383 e. The van der Waals surface area contributed by atoms with Gasteiger partial charge in [-0.15, -0.1) is 0 Å². The fourth-order valence-electron chi connectivity index (χ4n) is 4.18. The van der Waals surface area contributed by atoms with Gasteiger partial charge in [0.1, 0.15) is 17.1 Å². The lowest BCUT2D eigenvalue weighted by Gasteiger charge is -2.46. The number of rotatable bonds is 6. The molecule has 0 unspecified atom stereocenters. The number of benzene rings is 1. The molecule has 1 heterocycles. The Morgan fingerprint density at radius 1 is 1.27 bits per heavy atom. The maximum absolute atomic E-state index is 12.9. The van der Waals surface area contributed by atoms with Crippen molar-refractivity contribution >= 4 is 17.6 Å². The predicted molar refractivity (Wildman–Crippen MR) is 118 cm³/mol. The van der Waals surface area contributed by atoms with Gasteiger partial charge in [-0.25, -0.2) is 4.68 Å². The molecule has 0 atom stereocenters. The van der Waals surface area contributed by atoms with E-state index in [4.69, 9.17) is 11.5 Å². The van der Waals surface area contributed by atoms with E-state index in [-0.39, 0.29) is 34.4 Å². The molecule has 1 aromatic carbocycles. The highest BCUT2D eigenvalue weighted by molar-refractivity contribution is 6.03. The number of primary amides is 1. The summed E-state index contributed by atoms with van der Waals surface area (Å²) in [6, 6.07) is 4.26. The van der Waals surface area contributed by atoms with Crippen LogP contribution in [0.4, 0.5) is 19.0 Å². The van der Waals surface area contributed by atoms with Crippen molar-refractivity contribution in [2.75, 3.05) is 19.3 Å². The molecule has 0 bridgehead atoms. The fourth-order valence-corrected chi connectivity index (χ4v) is 4.18. The number of nitrogens with two attached hydrogens (primary N) is 2. The molecule has 1 saturated carbocycles. The van der Waals surface area contributed by atoms with Gasteiger partial charge >= 0.3 is 6.18 Å². The third kappa shape index (κ3) is 4.97. The van der Waals surface area contributed by atoms with E-state index >= 15 is 0 Å². The molecule has 1 aromatic heterocycles. The SMILES string of the molecule is CC#CC(=O)N(C)CCC1(C)CC(n2nc(-c3ccc(C(F)(F)F)cc3)c(C(N)=O)c2N)C1. The number of halogens is 3. The van der Waals surface area contributed by atoms with Gasteiger partial charge in [0, 0.05) is 19.2 Å². The fraction of sp³-hybridized carbons (Fsp3) is 0.435. The van der Waals surface area contributed by atoms with Gasteiger partial charge in [-0.2, -0.15) is 18.3 Å². The number of hydrogen-bond donors (Lipinski definition) is 2. The Balaban J connectivity index is 1.78. The standard InChI is InChI=1S/C23H26F3N5O2/c1-4-5-17(32)30(3)11-10-22(2)12-16(13-22)31-20(27)18(21(28)33)19(29-31)14-6-8-15(9-7-14)23(24,25)26/h6-9,16H,10-13,27H2,1-3H3,(H2,28,33). The van der Waals surface area contributed by atoms with Gasteiger partial charge in [0.15, 0.2) is 0 Å². The number of aromatic nitrogens is 2. The molecule has 7 nitrogen and oxygen atoms in total. The van der Waals surface area contributed by atoms with Crippen LogP contribution in [0.1, 0.15) is 55.1 Å². The summed E-state index contributed by atoms with van der Waals surface area (Å²) < 4.78 is 40.2. The smallest absolute Gasteiger partial charge is 0.383 e. The van der Waals surface area contributed by atoms with Crippen molar-refractivity contribution in [3.05, 3.63) is 35.4 Å². The molecule has 0 saturated heterocycles. The van der Waals surface area contributed by atoms with Crippen molar-refractivity contribution in [1.82, 2.24) is 14.7 Å². The van der Waals surface area contributed by atoms with Gasteiger partial charge < -0.3 is 16.4 Å². The van der Waals surface area contributed by atoms with Crippen LogP contribution in [0.25, 0.3) is 11.3 Å². The van der Waals surface area contributed by atoms with Crippen LogP contribution in [0.3, 0.4) is 0 Å². The Kier molecular flexibility index (Phi) is 6.45. The van der Waals surface area contributed by atoms with Crippen molar-refractivity contribution in [2.45, 2.75) is 45.3 Å². The number of anilines is 1. The number of nitrogens with zero attached hydrogens (tertiary/aromatic N) is 3. The monoisotopic (exact) mass is 461 g/mol. The lowest BCUT2D eigenvalue weighted by Crippen LogP contribution is -2.40. The molecule has 1 aliphatic carbocycles. The number of amides is 2. The van der Waals surface area contributed by atoms with E-state index in [1.54, 1.807) is 18.9 Å². The van der Waals surface area contributed by atoms with Crippen LogP contribution >= 0.6 is 0 Å². The highest BCUT2D eigenvalue weighted by Crippen LogP contribution is 2.51. The van der Waals surface area contributed by atoms with Gasteiger partial charge in [0.05, 0.1) is 11.6 Å². The maximum atomic E-state index is 12.9. The summed E-state index contributed by atoms with van der Waals surface area (Å²) in [7, 11) is 1.70. The van der Waals surface area contributed by atoms with E-state index in [9.17, 15) is 22.8 Å². The summed E-state index contributed by atoms with van der Waals surface area (Å²) in [6.07, 6.45) is -2.29. The first kappa shape index (κ1) is 24.2. The summed E-state index contributed by atoms with van der Waals surface area (Å²) in [5.74, 6) is 4.15. The largest absolute Gasteiger partial charge is 0.416 e. The Morgan fingerprint density at radius 3 is 2.39 bits per heavy atom. The molecule has 4 N–H and O–H groups in total. The molecule has 3 rings (SSSR count). The Morgan fingerprint density at radius 2 is 1.88 bits per heavy atom. The normalized spacial score (nSPS) is 19.9. The summed E-state index contributed by atoms with van der Waals surface area (Å²) in [6.45, 7) is 4.25. The average molecular weight is 461 g/mol. The van der Waals surface area contributed by atoms with Crippen molar-refractivity contribution in [3.8, 4) is 23.1 Å². The molecule has 1 aliphatic rings. The zero-order chi connectivity index (χ0) is 24.6. The van der Waals surface area contributed by atoms with Gasteiger partial charge in [-0.05, 0) is 49.7 Å². The Bertz CT molecular complexity index is 1120. The molecule has 1 fully saturated rings. The van der Waals surface area contributed by atoms with Crippen LogP contribution in [0.15, 0.2) is 24.3 Å². The van der Waals surface area contributed by atoms with Gasteiger partial charge in [0.25, 0.3) is 11.8 Å². The van der Waals surface area contributed by atoms with Crippen LogP contribution in [0, 0.1) is 17.3 Å². The Labute approximate surface area is 189 Å². The van der Waals surface area contributed by atoms with Crippen molar-refractivity contribution in [2.24, 2.45) is 11.1 Å². The van der Waals surface area contributed by atoms with E-state index in [2.05, 4.69) is 23.9 Å². The number of carbonyl (C=O) groups is 2. The molecule has 0 spiro atoms. The quantitative estimate of drug-likeness (QED) is 0.643. The minimum absolute atomic E-state index is 0.00756. The topological polar surface area (TPSA) is 107 Å². The molecule has 0 radical (unpaired) electrons. The molecule has 33 heavy (non-hydrogen) atoms. The van der Waals surface area contributed by atoms with Crippen LogP contribution in [0.2, 0.25) is 0 Å². The molecule has 2 amide bonds. The summed E-state index contributed by atoms with van der Waals surface area (Å²) >= 11 is 0. The lowest BCUT2D eigenvalue weighted by molar-refractivity contribution is -0.137. The molecule has 0 aliphatic heterocycles. The second kappa shape index (κ2) is 8.81. The molecule has 176 valence electrons. The van der Waals surface area contributed by atoms with Crippen molar-refractivity contribution in [3.63, 3.8) is 0 Å². The van der Waals surface area contributed by atoms with Crippen molar-refractivity contribution < 1.29 is 22.8 Å². The number of alkyl halides is 3. The summed E-state index contributed by atoms with van der Waals surface area (Å²) in [5, 5.41) is 4.46. The third-order valence-corrected chi connectivity index (χ3v) is 6.11. The number of carbonyl (C=O) groups excluding carboxylic acids is 2. The molecule has 2 aromatic rings. The number of hydrogen-bond acceptors (Lipinski definition) is 4. The zero-order valence-electron chi connectivity index (χ0n) is 18.7. The third-order valence-electron chi connectivity index (χ3n) is 6.11. The predicted octanol–water partition coefficient (Wildman–Crippen LogP) is 3.46. The first-order chi connectivity index (χ1) is 15.4. The molecule has 10 heteroatoms. The van der Waals surface area contributed by atoms with E-state index in [1.165, 1.54) is 16.8 Å². The van der Waals surface area contributed by atoms with Crippen molar-refractivity contribution in [1.29, 1.82) is 0 Å². The van der Waals surface area contributed by atoms with Crippen LogP contribution < -0.4 is 11.5 Å². The molecular weight excluding hydrogens is 435 g/mol. The van der Waals surface area contributed by atoms with Crippen LogP contribution in [0.5, 0.6) is 0 Å². The molecular formula is C23H26F3N5O2. The van der Waals surface area contributed by atoms with Crippen LogP contribution in [-0.2, 0) is 11.0 Å². The Hall–Kier alpha value is -3.48. The average Bonchev–Trinajstić information content (AvgIpc) is 3.06. The highest BCUT2D eigenvalue weighted by atomic mass is 19.4. The van der Waals surface area contributed by atoms with E-state index in [0.717, 1.165) is 18.6 Å². The summed E-state index contributed by atoms with van der Waals surface area (Å²) in [5.41, 5.74) is 11.3. The minimum atomic E-state index is -4.47. The highest BCUT2D eigenvalue weighted by Gasteiger charge is 2.43. The maximum Gasteiger partial charge on any atom is 0.416 e. The second-order valence-electron chi connectivity index (χ2n) is 8.72. The lowest BCUT2D eigenvalue weighted by atomic mass is 9.65. The first-order valence-corrected chi connectivity index (χ1v) is 10.4. The van der Waals surface area contributed by atoms with Gasteiger partial charge in [-0.3, -0.25) is 9.59 Å². The summed E-state index contributed by atoms with van der Waals surface area (Å²) in [4.78, 5) is 25.5. The zero-order valence-corrected chi connectivity index (χ0v) is 18.7. The number of nitrogen functional groups attached to an aromatic ring is 1. The van der Waals surface area contributed by atoms with Gasteiger partial charge in [0.2, 0.25) is 0 Å². The van der Waals surface area contributed by atoms with E-state index in [1.807, 2.05) is 0 Å². The van der Waals surface area contributed by atoms with Crippen LogP contribution in [-0.4, -0.2) is 40.1 Å². The van der Waals surface area contributed by atoms with Gasteiger partial charge in [-0.1, -0.05) is 25.0 Å². The second-order valence-corrected chi connectivity index (χ2v) is 8.72.